The Balaban J connectivity index is 1.73. The summed E-state index contributed by atoms with van der Waals surface area (Å²) in [6.07, 6.45) is 7.68. The molecule has 1 saturated heterocycles. The number of ether oxygens (including phenoxy) is 1. The van der Waals surface area contributed by atoms with Crippen molar-refractivity contribution in [3.63, 3.8) is 0 Å². The number of aromatic nitrogens is 2. The van der Waals surface area contributed by atoms with Gasteiger partial charge in [-0.3, -0.25) is 16.0 Å². The van der Waals surface area contributed by atoms with Gasteiger partial charge in [-0.25, -0.2) is 0 Å². The predicted octanol–water partition coefficient (Wildman–Crippen LogP) is 3.41. The molecule has 0 amide bonds. The largest absolute Gasteiger partial charge is 0.491 e. The molecule has 2 aliphatic rings. The van der Waals surface area contributed by atoms with Crippen molar-refractivity contribution in [2.45, 2.75) is 39.2 Å². The molecule has 3 N–H and O–H groups in total. The van der Waals surface area contributed by atoms with E-state index in [1.54, 1.807) is 11.3 Å². The molecule has 0 aliphatic carbocycles. The van der Waals surface area contributed by atoms with Crippen molar-refractivity contribution in [2.24, 2.45) is 5.84 Å². The summed E-state index contributed by atoms with van der Waals surface area (Å²) in [4.78, 5) is 2.43. The summed E-state index contributed by atoms with van der Waals surface area (Å²) in [6, 6.07) is 1.95. The van der Waals surface area contributed by atoms with Crippen LogP contribution in [0.4, 0.5) is 0 Å². The summed E-state index contributed by atoms with van der Waals surface area (Å²) < 4.78 is 6.01. The molecule has 4 rings (SSSR count). The Morgan fingerprint density at radius 3 is 2.85 bits per heavy atom. The zero-order valence-electron chi connectivity index (χ0n) is 15.9. The Morgan fingerprint density at radius 1 is 1.33 bits per heavy atom. The quantitative estimate of drug-likeness (QED) is 0.762. The number of piperidine rings is 1. The number of halogens is 1. The average Bonchev–Trinajstić information content (AvgIpc) is 3.31. The van der Waals surface area contributed by atoms with Crippen LogP contribution in [0.3, 0.4) is 0 Å². The fraction of sp³-hybridized carbons (Fsp3) is 0.526. The zero-order valence-corrected chi connectivity index (χ0v) is 16.7. The van der Waals surface area contributed by atoms with Gasteiger partial charge in [-0.1, -0.05) is 11.6 Å². The molecule has 3 heterocycles. The van der Waals surface area contributed by atoms with E-state index < -0.39 is 0 Å². The fourth-order valence-electron chi connectivity index (χ4n) is 4.11. The number of nitrogens with zero attached hydrogens (tertiary/aromatic N) is 4. The molecule has 1 atom stereocenters. The summed E-state index contributed by atoms with van der Waals surface area (Å²) in [5.41, 5.74) is 1.83. The molecule has 146 valence electrons. The number of nitrogens with two attached hydrogens (primary N) is 1. The van der Waals surface area contributed by atoms with Crippen LogP contribution in [0.15, 0.2) is 24.2 Å². The van der Waals surface area contributed by atoms with Crippen LogP contribution in [0.25, 0.3) is 10.9 Å². The minimum atomic E-state index is -0.0302. The average molecular weight is 391 g/mol. The van der Waals surface area contributed by atoms with Crippen molar-refractivity contribution in [1.29, 1.82) is 0 Å². The van der Waals surface area contributed by atoms with E-state index in [9.17, 15) is 0 Å². The third-order valence-electron chi connectivity index (χ3n) is 5.43. The van der Waals surface area contributed by atoms with Gasteiger partial charge in [0.2, 0.25) is 0 Å². The maximum Gasteiger partial charge on any atom is 0.150 e. The van der Waals surface area contributed by atoms with Crippen molar-refractivity contribution in [3.05, 3.63) is 34.7 Å². The molecule has 7 nitrogen and oxygen atoms in total. The number of H-pyrrole nitrogens is 1. The maximum absolute atomic E-state index is 6.54. The van der Waals surface area contributed by atoms with E-state index >= 15 is 0 Å². The highest BCUT2D eigenvalue weighted by Gasteiger charge is 2.33. The third-order valence-corrected chi connectivity index (χ3v) is 5.74. The van der Waals surface area contributed by atoms with Crippen molar-refractivity contribution in [1.82, 2.24) is 25.2 Å². The lowest BCUT2D eigenvalue weighted by Gasteiger charge is -2.41. The lowest BCUT2D eigenvalue weighted by atomic mass is 10.0. The Hall–Kier alpha value is -1.96. The summed E-state index contributed by atoms with van der Waals surface area (Å²) in [5.74, 6) is 8.32. The van der Waals surface area contributed by atoms with Crippen LogP contribution in [-0.4, -0.2) is 51.5 Å². The third kappa shape index (κ3) is 3.24. The molecule has 1 fully saturated rings. The molecular formula is C19H27ClN6O. The minimum absolute atomic E-state index is 0.0302. The molecule has 1 aromatic heterocycles. The van der Waals surface area contributed by atoms with Crippen molar-refractivity contribution in [3.8, 4) is 5.75 Å². The van der Waals surface area contributed by atoms with Crippen LogP contribution >= 0.6 is 11.6 Å². The Morgan fingerprint density at radius 2 is 2.11 bits per heavy atom. The van der Waals surface area contributed by atoms with Gasteiger partial charge in [-0.15, -0.1) is 0 Å². The van der Waals surface area contributed by atoms with Crippen LogP contribution < -0.4 is 10.6 Å². The molecular weight excluding hydrogens is 364 g/mol. The topological polar surface area (TPSA) is 73.7 Å². The molecule has 2 aromatic rings. The second-order valence-corrected chi connectivity index (χ2v) is 7.53. The monoisotopic (exact) mass is 390 g/mol. The number of benzene rings is 1. The van der Waals surface area contributed by atoms with E-state index in [4.69, 9.17) is 22.2 Å². The number of hydrazine groups is 2. The van der Waals surface area contributed by atoms with E-state index in [0.717, 1.165) is 35.3 Å². The second kappa shape index (κ2) is 7.58. The molecule has 2 aliphatic heterocycles. The minimum Gasteiger partial charge on any atom is -0.491 e. The standard InChI is InChI=1S/C19H27ClN6O/c1-3-27-19-14(11-16(20)15-12-22-23-18(15)19)13(2)26-17(7-10-25(26)21)24-8-5-4-6-9-24/h7,11-13H,3-6,8-10,21H2,1-2H3,(H,22,23). The highest BCUT2D eigenvalue weighted by atomic mass is 35.5. The van der Waals surface area contributed by atoms with Crippen LogP contribution in [0.2, 0.25) is 5.02 Å². The molecule has 1 unspecified atom stereocenters. The van der Waals surface area contributed by atoms with E-state index in [1.165, 1.54) is 25.1 Å². The van der Waals surface area contributed by atoms with Gasteiger partial charge in [0, 0.05) is 24.0 Å². The van der Waals surface area contributed by atoms with E-state index in [0.29, 0.717) is 18.2 Å². The molecule has 8 heteroatoms. The van der Waals surface area contributed by atoms with Gasteiger partial charge in [-0.05, 0) is 45.3 Å². The van der Waals surface area contributed by atoms with Crippen molar-refractivity contribution < 1.29 is 4.74 Å². The first-order valence-electron chi connectivity index (χ1n) is 9.66. The van der Waals surface area contributed by atoms with Crippen molar-refractivity contribution >= 4 is 22.5 Å². The van der Waals surface area contributed by atoms with E-state index in [2.05, 4.69) is 33.1 Å². The smallest absolute Gasteiger partial charge is 0.150 e. The molecule has 0 radical (unpaired) electrons. The van der Waals surface area contributed by atoms with E-state index in [1.807, 2.05) is 13.0 Å². The molecule has 1 aromatic carbocycles. The molecule has 0 saturated carbocycles. The van der Waals surface area contributed by atoms with E-state index in [-0.39, 0.29) is 6.04 Å². The number of rotatable bonds is 5. The van der Waals surface area contributed by atoms with Gasteiger partial charge in [0.15, 0.2) is 0 Å². The number of hydrogen-bond acceptors (Lipinski definition) is 6. The lowest BCUT2D eigenvalue weighted by molar-refractivity contribution is -0.0261. The summed E-state index contributed by atoms with van der Waals surface area (Å²) >= 11 is 6.54. The Kier molecular flexibility index (Phi) is 5.16. The molecule has 0 bridgehead atoms. The normalized spacial score (nSPS) is 19.6. The number of likely N-dealkylation sites (tertiary alicyclic amines) is 1. The first-order valence-corrected chi connectivity index (χ1v) is 10.0. The Bertz CT molecular complexity index is 844. The zero-order chi connectivity index (χ0) is 19.0. The first-order chi connectivity index (χ1) is 13.1. The van der Waals surface area contributed by atoms with Crippen LogP contribution in [0.5, 0.6) is 5.75 Å². The lowest BCUT2D eigenvalue weighted by Crippen LogP contribution is -2.48. The van der Waals surface area contributed by atoms with Gasteiger partial charge in [0.1, 0.15) is 17.1 Å². The highest BCUT2D eigenvalue weighted by molar-refractivity contribution is 6.35. The SMILES string of the molecule is CCOc1c(C(C)N2C(N3CCCCC3)=CCN2N)cc(Cl)c2cn[nH]c12. The number of fused-ring (bicyclic) bond motifs is 1. The van der Waals surface area contributed by atoms with Gasteiger partial charge in [-0.2, -0.15) is 10.2 Å². The highest BCUT2D eigenvalue weighted by Crippen LogP contribution is 2.41. The van der Waals surface area contributed by atoms with Crippen LogP contribution in [0, 0.1) is 0 Å². The summed E-state index contributed by atoms with van der Waals surface area (Å²) in [5, 5.41) is 12.6. The van der Waals surface area contributed by atoms with Gasteiger partial charge in [0.25, 0.3) is 0 Å². The summed E-state index contributed by atoms with van der Waals surface area (Å²) in [6.45, 7) is 7.52. The number of nitrogens with one attached hydrogen (secondary N) is 1. The van der Waals surface area contributed by atoms with Crippen molar-refractivity contribution in [2.75, 3.05) is 26.2 Å². The maximum atomic E-state index is 6.54. The number of aromatic amines is 1. The van der Waals surface area contributed by atoms with Gasteiger partial charge in [0.05, 0.1) is 30.4 Å². The number of hydrogen-bond donors (Lipinski definition) is 2. The molecule has 27 heavy (non-hydrogen) atoms. The fourth-order valence-corrected chi connectivity index (χ4v) is 4.37. The molecule has 0 spiro atoms. The van der Waals surface area contributed by atoms with Crippen LogP contribution in [0.1, 0.15) is 44.7 Å². The summed E-state index contributed by atoms with van der Waals surface area (Å²) in [7, 11) is 0. The van der Waals surface area contributed by atoms with Gasteiger partial charge < -0.3 is 9.64 Å². The second-order valence-electron chi connectivity index (χ2n) is 7.12. The Labute approximate surface area is 164 Å². The van der Waals surface area contributed by atoms with Crippen LogP contribution in [-0.2, 0) is 0 Å². The predicted molar refractivity (Wildman–Crippen MR) is 107 cm³/mol. The van der Waals surface area contributed by atoms with Gasteiger partial charge >= 0.3 is 0 Å². The first kappa shape index (κ1) is 18.4.